The highest BCUT2D eigenvalue weighted by Crippen LogP contribution is 2.23. The van der Waals surface area contributed by atoms with Crippen molar-refractivity contribution in [2.45, 2.75) is 19.5 Å². The van der Waals surface area contributed by atoms with Crippen molar-refractivity contribution in [3.8, 4) is 5.69 Å². The average molecular weight is 335 g/mol. The van der Waals surface area contributed by atoms with Gasteiger partial charge in [-0.05, 0) is 29.3 Å². The lowest BCUT2D eigenvalue weighted by atomic mass is 10.0. The van der Waals surface area contributed by atoms with Gasteiger partial charge < -0.3 is 0 Å². The van der Waals surface area contributed by atoms with Gasteiger partial charge in [-0.25, -0.2) is 4.68 Å². The van der Waals surface area contributed by atoms with Crippen LogP contribution in [0.15, 0.2) is 55.0 Å². The van der Waals surface area contributed by atoms with Crippen molar-refractivity contribution in [1.82, 2.24) is 19.7 Å². The first kappa shape index (κ1) is 15.5. The molecule has 0 fully saturated rings. The smallest absolute Gasteiger partial charge is 0.287 e. The molecule has 0 saturated heterocycles. The molecule has 2 aromatic heterocycles. The molecule has 4 rings (SSSR count). The van der Waals surface area contributed by atoms with Gasteiger partial charge in [0.2, 0.25) is 0 Å². The van der Waals surface area contributed by atoms with E-state index in [1.54, 1.807) is 12.3 Å². The third-order valence-corrected chi connectivity index (χ3v) is 4.43. The van der Waals surface area contributed by atoms with Gasteiger partial charge in [0.25, 0.3) is 5.69 Å². The molecule has 0 spiro atoms. The van der Waals surface area contributed by atoms with E-state index in [0.29, 0.717) is 6.54 Å². The van der Waals surface area contributed by atoms with Crippen LogP contribution in [0.5, 0.6) is 0 Å². The van der Waals surface area contributed by atoms with Crippen LogP contribution >= 0.6 is 0 Å². The summed E-state index contributed by atoms with van der Waals surface area (Å²) in [5.41, 5.74) is 4.21. The summed E-state index contributed by atoms with van der Waals surface area (Å²) >= 11 is 0. The zero-order valence-electron chi connectivity index (χ0n) is 13.6. The maximum atomic E-state index is 10.9. The molecule has 7 nitrogen and oxygen atoms in total. The van der Waals surface area contributed by atoms with Gasteiger partial charge in [0.1, 0.15) is 6.20 Å². The monoisotopic (exact) mass is 335 g/mol. The van der Waals surface area contributed by atoms with Gasteiger partial charge in [0, 0.05) is 50.2 Å². The summed E-state index contributed by atoms with van der Waals surface area (Å²) in [7, 11) is 0. The number of rotatable bonds is 4. The number of benzene rings is 1. The number of aromatic nitrogens is 3. The largest absolute Gasteiger partial charge is 0.294 e. The van der Waals surface area contributed by atoms with E-state index in [9.17, 15) is 10.1 Å². The first-order chi connectivity index (χ1) is 12.2. The number of nitro groups is 1. The summed E-state index contributed by atoms with van der Waals surface area (Å²) in [6.45, 7) is 2.39. The van der Waals surface area contributed by atoms with Gasteiger partial charge in [-0.1, -0.05) is 12.1 Å². The molecule has 0 radical (unpaired) electrons. The molecular weight excluding hydrogens is 318 g/mol. The molecule has 126 valence electrons. The Morgan fingerprint density at radius 2 is 2.08 bits per heavy atom. The van der Waals surface area contributed by atoms with Crippen molar-refractivity contribution in [2.75, 3.05) is 6.54 Å². The van der Waals surface area contributed by atoms with Crippen molar-refractivity contribution in [3.63, 3.8) is 0 Å². The predicted molar refractivity (Wildman–Crippen MR) is 92.3 cm³/mol. The fourth-order valence-corrected chi connectivity index (χ4v) is 3.14. The molecule has 0 unspecified atom stereocenters. The van der Waals surface area contributed by atoms with Crippen LogP contribution in [0.2, 0.25) is 0 Å². The van der Waals surface area contributed by atoms with Gasteiger partial charge >= 0.3 is 0 Å². The second-order valence-corrected chi connectivity index (χ2v) is 6.13. The maximum Gasteiger partial charge on any atom is 0.287 e. The third-order valence-electron chi connectivity index (χ3n) is 4.43. The van der Waals surface area contributed by atoms with E-state index in [1.807, 2.05) is 29.1 Å². The first-order valence-electron chi connectivity index (χ1n) is 8.12. The van der Waals surface area contributed by atoms with E-state index in [0.717, 1.165) is 36.5 Å². The number of pyridine rings is 1. The first-order valence-corrected chi connectivity index (χ1v) is 8.12. The second kappa shape index (κ2) is 6.45. The molecule has 0 amide bonds. The average Bonchev–Trinajstić information content (AvgIpc) is 3.16. The van der Waals surface area contributed by atoms with Crippen molar-refractivity contribution in [1.29, 1.82) is 0 Å². The van der Waals surface area contributed by atoms with Crippen molar-refractivity contribution >= 4 is 5.69 Å². The van der Waals surface area contributed by atoms with Crippen LogP contribution in [0, 0.1) is 10.1 Å². The van der Waals surface area contributed by atoms with E-state index in [-0.39, 0.29) is 10.6 Å². The molecule has 3 heterocycles. The van der Waals surface area contributed by atoms with Gasteiger partial charge in [-0.3, -0.25) is 20.0 Å². The van der Waals surface area contributed by atoms with Gasteiger partial charge in [-0.2, -0.15) is 5.10 Å². The van der Waals surface area contributed by atoms with Crippen molar-refractivity contribution in [3.05, 3.63) is 81.9 Å². The normalized spacial score (nSPS) is 14.2. The van der Waals surface area contributed by atoms with Crippen LogP contribution in [-0.4, -0.2) is 31.1 Å². The van der Waals surface area contributed by atoms with Crippen LogP contribution in [0.25, 0.3) is 5.69 Å². The SMILES string of the molecule is O=[N+]([O-])c1cnc2c(c1)CN(Cc1ccc(-n3cccn3)cc1)CC2. The number of nitrogens with zero attached hydrogens (tertiary/aromatic N) is 5. The molecule has 25 heavy (non-hydrogen) atoms. The van der Waals surface area contributed by atoms with Crippen LogP contribution < -0.4 is 0 Å². The molecule has 7 heteroatoms. The maximum absolute atomic E-state index is 10.9. The van der Waals surface area contributed by atoms with E-state index < -0.39 is 0 Å². The highest BCUT2D eigenvalue weighted by atomic mass is 16.6. The zero-order chi connectivity index (χ0) is 17.2. The Kier molecular flexibility index (Phi) is 3.99. The Bertz CT molecular complexity index is 890. The molecule has 0 atom stereocenters. The lowest BCUT2D eigenvalue weighted by Crippen LogP contribution is -2.30. The van der Waals surface area contributed by atoms with E-state index >= 15 is 0 Å². The van der Waals surface area contributed by atoms with Crippen LogP contribution in [-0.2, 0) is 19.5 Å². The molecule has 0 N–H and O–H groups in total. The lowest BCUT2D eigenvalue weighted by molar-refractivity contribution is -0.385. The lowest BCUT2D eigenvalue weighted by Gasteiger charge is -2.27. The number of hydrogen-bond donors (Lipinski definition) is 0. The van der Waals surface area contributed by atoms with Crippen molar-refractivity contribution < 1.29 is 4.92 Å². The molecule has 3 aromatic rings. The quantitative estimate of drug-likeness (QED) is 0.541. The zero-order valence-corrected chi connectivity index (χ0v) is 13.6. The minimum absolute atomic E-state index is 0.0594. The molecule has 0 aliphatic carbocycles. The highest BCUT2D eigenvalue weighted by Gasteiger charge is 2.20. The number of hydrogen-bond acceptors (Lipinski definition) is 5. The molecule has 1 aromatic carbocycles. The Balaban J connectivity index is 1.47. The third kappa shape index (κ3) is 3.27. The Hall–Kier alpha value is -3.06. The second-order valence-electron chi connectivity index (χ2n) is 6.13. The Morgan fingerprint density at radius 1 is 1.24 bits per heavy atom. The molecule has 1 aliphatic heterocycles. The van der Waals surface area contributed by atoms with E-state index in [4.69, 9.17) is 0 Å². The summed E-state index contributed by atoms with van der Waals surface area (Å²) < 4.78 is 1.83. The van der Waals surface area contributed by atoms with Gasteiger partial charge in [-0.15, -0.1) is 0 Å². The minimum atomic E-state index is -0.389. The summed E-state index contributed by atoms with van der Waals surface area (Å²) in [5, 5.41) is 15.2. The molecule has 0 bridgehead atoms. The topological polar surface area (TPSA) is 77.1 Å². The van der Waals surface area contributed by atoms with Crippen LogP contribution in [0.4, 0.5) is 5.69 Å². The standard InChI is InChI=1S/C18H17N5O2/c24-23(25)17-10-15-13-21(9-6-18(15)19-11-17)12-14-2-4-16(5-3-14)22-8-1-7-20-22/h1-5,7-8,10-11H,6,9,12-13H2. The van der Waals surface area contributed by atoms with Crippen LogP contribution in [0.1, 0.15) is 16.8 Å². The van der Waals surface area contributed by atoms with Crippen LogP contribution in [0.3, 0.4) is 0 Å². The van der Waals surface area contributed by atoms with Gasteiger partial charge in [0.05, 0.1) is 10.6 Å². The fourth-order valence-electron chi connectivity index (χ4n) is 3.14. The van der Waals surface area contributed by atoms with E-state index in [1.165, 1.54) is 11.8 Å². The van der Waals surface area contributed by atoms with E-state index in [2.05, 4.69) is 27.1 Å². The Labute approximate surface area is 144 Å². The van der Waals surface area contributed by atoms with Gasteiger partial charge in [0.15, 0.2) is 0 Å². The Morgan fingerprint density at radius 3 is 2.80 bits per heavy atom. The highest BCUT2D eigenvalue weighted by molar-refractivity contribution is 5.36. The molecule has 0 saturated carbocycles. The number of fused-ring (bicyclic) bond motifs is 1. The molecular formula is C18H17N5O2. The summed E-state index contributed by atoms with van der Waals surface area (Å²) in [6, 6.07) is 11.8. The predicted octanol–water partition coefficient (Wildman–Crippen LogP) is 2.73. The minimum Gasteiger partial charge on any atom is -0.294 e. The van der Waals surface area contributed by atoms with Crippen molar-refractivity contribution in [2.24, 2.45) is 0 Å². The molecule has 1 aliphatic rings. The summed E-state index contributed by atoms with van der Waals surface area (Å²) in [6.07, 6.45) is 5.84. The fraction of sp³-hybridized carbons (Fsp3) is 0.222. The summed E-state index contributed by atoms with van der Waals surface area (Å²) in [4.78, 5) is 17.1. The summed E-state index contributed by atoms with van der Waals surface area (Å²) in [5.74, 6) is 0.